The van der Waals surface area contributed by atoms with Gasteiger partial charge in [-0.3, -0.25) is 0 Å². The minimum absolute atomic E-state index is 0.0839. The standard InChI is InChI=1S/C16H34O2/c1-12(2)16(9,10-14(3,4)5)13(17)18-11-15(6,7)8/h12-13,17H,10-11H2,1-9H3. The van der Waals surface area contributed by atoms with Crippen molar-refractivity contribution in [2.45, 2.75) is 75.0 Å². The van der Waals surface area contributed by atoms with Crippen molar-refractivity contribution in [3.05, 3.63) is 0 Å². The molecule has 2 unspecified atom stereocenters. The summed E-state index contributed by atoms with van der Waals surface area (Å²) in [4.78, 5) is 0. The molecule has 18 heavy (non-hydrogen) atoms. The van der Waals surface area contributed by atoms with E-state index in [1.807, 2.05) is 0 Å². The van der Waals surface area contributed by atoms with Crippen LogP contribution in [0.5, 0.6) is 0 Å². The van der Waals surface area contributed by atoms with Crippen molar-refractivity contribution in [3.63, 3.8) is 0 Å². The lowest BCUT2D eigenvalue weighted by atomic mass is 9.68. The van der Waals surface area contributed by atoms with Crippen LogP contribution < -0.4 is 0 Å². The molecule has 0 aliphatic rings. The quantitative estimate of drug-likeness (QED) is 0.737. The predicted octanol–water partition coefficient (Wildman–Crippen LogP) is 4.47. The van der Waals surface area contributed by atoms with Crippen molar-refractivity contribution in [1.29, 1.82) is 0 Å². The summed E-state index contributed by atoms with van der Waals surface area (Å²) in [6.07, 6.45) is 0.249. The van der Waals surface area contributed by atoms with E-state index in [0.29, 0.717) is 12.5 Å². The van der Waals surface area contributed by atoms with E-state index in [1.165, 1.54) is 0 Å². The van der Waals surface area contributed by atoms with Crippen LogP contribution in [0.1, 0.15) is 68.7 Å². The van der Waals surface area contributed by atoms with Gasteiger partial charge in [0.1, 0.15) is 0 Å². The fourth-order valence-electron chi connectivity index (χ4n) is 2.24. The number of aliphatic hydroxyl groups excluding tert-OH is 1. The molecule has 0 radical (unpaired) electrons. The maximum atomic E-state index is 10.4. The molecule has 0 aliphatic carbocycles. The van der Waals surface area contributed by atoms with Crippen LogP contribution in [0.4, 0.5) is 0 Å². The summed E-state index contributed by atoms with van der Waals surface area (Å²) in [6.45, 7) is 20.0. The highest BCUT2D eigenvalue weighted by Crippen LogP contribution is 2.42. The lowest BCUT2D eigenvalue weighted by molar-refractivity contribution is -0.204. The van der Waals surface area contributed by atoms with Crippen LogP contribution in [-0.2, 0) is 4.74 Å². The Hall–Kier alpha value is -0.0800. The van der Waals surface area contributed by atoms with E-state index in [9.17, 15) is 5.11 Å². The molecular formula is C16H34O2. The Balaban J connectivity index is 4.78. The van der Waals surface area contributed by atoms with Crippen LogP contribution in [0, 0.1) is 22.2 Å². The minimum atomic E-state index is -0.698. The molecule has 1 N–H and O–H groups in total. The Bertz CT molecular complexity index is 245. The summed E-state index contributed by atoms with van der Waals surface area (Å²) < 4.78 is 5.73. The molecule has 0 saturated carbocycles. The average molecular weight is 258 g/mol. The van der Waals surface area contributed by atoms with Crippen molar-refractivity contribution >= 4 is 0 Å². The number of hydrogen-bond donors (Lipinski definition) is 1. The molecule has 0 spiro atoms. The smallest absolute Gasteiger partial charge is 0.160 e. The Morgan fingerprint density at radius 3 is 1.61 bits per heavy atom. The summed E-state index contributed by atoms with van der Waals surface area (Å²) >= 11 is 0. The molecule has 0 aromatic heterocycles. The van der Waals surface area contributed by atoms with Gasteiger partial charge in [-0.2, -0.15) is 0 Å². The van der Waals surface area contributed by atoms with Gasteiger partial charge in [0.25, 0.3) is 0 Å². The van der Waals surface area contributed by atoms with Gasteiger partial charge >= 0.3 is 0 Å². The van der Waals surface area contributed by atoms with Crippen molar-refractivity contribution in [2.24, 2.45) is 22.2 Å². The maximum Gasteiger partial charge on any atom is 0.160 e. The van der Waals surface area contributed by atoms with Gasteiger partial charge in [0.2, 0.25) is 0 Å². The van der Waals surface area contributed by atoms with Crippen LogP contribution in [0.3, 0.4) is 0 Å². The zero-order valence-corrected chi connectivity index (χ0v) is 13.9. The Labute approximate surface area is 114 Å². The zero-order chi connectivity index (χ0) is 14.8. The average Bonchev–Trinajstić information content (AvgIpc) is 2.09. The highest BCUT2D eigenvalue weighted by molar-refractivity contribution is 4.85. The second-order valence-electron chi connectivity index (χ2n) is 8.62. The van der Waals surface area contributed by atoms with Crippen molar-refractivity contribution in [1.82, 2.24) is 0 Å². The molecule has 110 valence electrons. The van der Waals surface area contributed by atoms with Gasteiger partial charge in [-0.05, 0) is 23.2 Å². The van der Waals surface area contributed by atoms with E-state index >= 15 is 0 Å². The van der Waals surface area contributed by atoms with Crippen LogP contribution >= 0.6 is 0 Å². The number of aliphatic hydroxyl groups is 1. The van der Waals surface area contributed by atoms with Crippen molar-refractivity contribution in [3.8, 4) is 0 Å². The predicted molar refractivity (Wildman–Crippen MR) is 78.4 cm³/mol. The molecule has 0 saturated heterocycles. The van der Waals surface area contributed by atoms with Crippen molar-refractivity contribution in [2.75, 3.05) is 6.61 Å². The van der Waals surface area contributed by atoms with Gasteiger partial charge in [-0.1, -0.05) is 62.3 Å². The third kappa shape index (κ3) is 6.19. The lowest BCUT2D eigenvalue weighted by Crippen LogP contribution is -2.43. The molecule has 0 aromatic rings. The molecule has 0 bridgehead atoms. The van der Waals surface area contributed by atoms with Gasteiger partial charge in [0, 0.05) is 5.41 Å². The van der Waals surface area contributed by atoms with Gasteiger partial charge in [-0.25, -0.2) is 0 Å². The fraction of sp³-hybridized carbons (Fsp3) is 1.00. The molecule has 2 heteroatoms. The molecule has 0 aromatic carbocycles. The first-order chi connectivity index (χ1) is 7.78. The summed E-state index contributed by atoms with van der Waals surface area (Å²) in [5.41, 5.74) is 0.0647. The van der Waals surface area contributed by atoms with E-state index in [0.717, 1.165) is 6.42 Å². The second-order valence-corrected chi connectivity index (χ2v) is 8.62. The van der Waals surface area contributed by atoms with Crippen LogP contribution in [0.25, 0.3) is 0 Å². The van der Waals surface area contributed by atoms with Gasteiger partial charge in [0.05, 0.1) is 6.61 Å². The largest absolute Gasteiger partial charge is 0.367 e. The molecule has 0 amide bonds. The monoisotopic (exact) mass is 258 g/mol. The van der Waals surface area contributed by atoms with Gasteiger partial charge in [0.15, 0.2) is 6.29 Å². The number of hydrogen-bond acceptors (Lipinski definition) is 2. The van der Waals surface area contributed by atoms with Crippen LogP contribution in [-0.4, -0.2) is 18.0 Å². The normalized spacial score (nSPS) is 18.8. The molecule has 0 fully saturated rings. The third-order valence-corrected chi connectivity index (χ3v) is 3.47. The summed E-state index contributed by atoms with van der Waals surface area (Å²) in [5.74, 6) is 0.381. The molecule has 2 nitrogen and oxygen atoms in total. The summed E-state index contributed by atoms with van der Waals surface area (Å²) in [5, 5.41) is 10.4. The van der Waals surface area contributed by atoms with E-state index in [1.54, 1.807) is 0 Å². The number of ether oxygens (including phenoxy) is 1. The molecule has 0 rings (SSSR count). The first kappa shape index (κ1) is 17.9. The van der Waals surface area contributed by atoms with Crippen LogP contribution in [0.15, 0.2) is 0 Å². The minimum Gasteiger partial charge on any atom is -0.367 e. The molecule has 2 atom stereocenters. The topological polar surface area (TPSA) is 29.5 Å². The lowest BCUT2D eigenvalue weighted by Gasteiger charge is -2.42. The van der Waals surface area contributed by atoms with Gasteiger partial charge < -0.3 is 9.84 Å². The molecule has 0 aliphatic heterocycles. The van der Waals surface area contributed by atoms with E-state index in [4.69, 9.17) is 4.74 Å². The summed E-state index contributed by atoms with van der Waals surface area (Å²) in [7, 11) is 0. The van der Waals surface area contributed by atoms with Crippen molar-refractivity contribution < 1.29 is 9.84 Å². The third-order valence-electron chi connectivity index (χ3n) is 3.47. The second kappa shape index (κ2) is 5.92. The Kier molecular flexibility index (Phi) is 5.89. The van der Waals surface area contributed by atoms with E-state index in [2.05, 4.69) is 62.3 Å². The first-order valence-corrected chi connectivity index (χ1v) is 7.08. The highest BCUT2D eigenvalue weighted by Gasteiger charge is 2.40. The van der Waals surface area contributed by atoms with Crippen LogP contribution in [0.2, 0.25) is 0 Å². The molecular weight excluding hydrogens is 224 g/mol. The van der Waals surface area contributed by atoms with E-state index < -0.39 is 6.29 Å². The summed E-state index contributed by atoms with van der Waals surface area (Å²) in [6, 6.07) is 0. The Morgan fingerprint density at radius 1 is 0.889 bits per heavy atom. The fourth-order valence-corrected chi connectivity index (χ4v) is 2.24. The SMILES string of the molecule is CC(C)C(C)(CC(C)(C)C)C(O)OCC(C)(C)C. The van der Waals surface area contributed by atoms with Gasteiger partial charge in [-0.15, -0.1) is 0 Å². The highest BCUT2D eigenvalue weighted by atomic mass is 16.6. The number of rotatable bonds is 5. The maximum absolute atomic E-state index is 10.4. The molecule has 0 heterocycles. The first-order valence-electron chi connectivity index (χ1n) is 7.08. The van der Waals surface area contributed by atoms with E-state index in [-0.39, 0.29) is 16.2 Å². The zero-order valence-electron chi connectivity index (χ0n) is 13.9. The Morgan fingerprint density at radius 2 is 1.33 bits per heavy atom.